The number of carbonyl (C=O) groups excluding carboxylic acids is 2. The third kappa shape index (κ3) is 3.38. The summed E-state index contributed by atoms with van der Waals surface area (Å²) in [5.41, 5.74) is 2.25. The van der Waals surface area contributed by atoms with Gasteiger partial charge in [-0.25, -0.2) is 0 Å². The van der Waals surface area contributed by atoms with Crippen molar-refractivity contribution in [1.82, 2.24) is 5.32 Å². The van der Waals surface area contributed by atoms with Crippen molar-refractivity contribution >= 4 is 23.5 Å². The lowest BCUT2D eigenvalue weighted by molar-refractivity contribution is -0.141. The van der Waals surface area contributed by atoms with Crippen LogP contribution in [0.5, 0.6) is 28.7 Å². The zero-order chi connectivity index (χ0) is 23.3. The van der Waals surface area contributed by atoms with E-state index in [-0.39, 0.29) is 54.3 Å². The first kappa shape index (κ1) is 21.5. The Balaban J connectivity index is 1.74. The van der Waals surface area contributed by atoms with Crippen molar-refractivity contribution in [3.05, 3.63) is 41.0 Å². The third-order valence-electron chi connectivity index (χ3n) is 6.49. The van der Waals surface area contributed by atoms with Gasteiger partial charge in [0.05, 0.1) is 32.8 Å². The molecule has 2 N–H and O–H groups in total. The number of hydrogen-bond acceptors (Lipinski definition) is 8. The smallest absolute Gasteiger partial charge is 0.310 e. The summed E-state index contributed by atoms with van der Waals surface area (Å²) in [6, 6.07) is 6.51. The van der Waals surface area contributed by atoms with Gasteiger partial charge in [0.25, 0.3) is 0 Å². The van der Waals surface area contributed by atoms with E-state index in [1.165, 1.54) is 14.2 Å². The highest BCUT2D eigenvalue weighted by molar-refractivity contribution is 6.27. The van der Waals surface area contributed by atoms with Gasteiger partial charge >= 0.3 is 5.97 Å². The van der Waals surface area contributed by atoms with E-state index in [0.29, 0.717) is 17.1 Å². The van der Waals surface area contributed by atoms with Crippen molar-refractivity contribution in [2.75, 3.05) is 33.5 Å². The van der Waals surface area contributed by atoms with Crippen LogP contribution in [0.2, 0.25) is 0 Å². The fraction of sp³-hybridized carbons (Fsp3) is 0.391. The molecule has 1 amide bonds. The van der Waals surface area contributed by atoms with Crippen LogP contribution in [0.25, 0.3) is 0 Å². The second-order valence-corrected chi connectivity index (χ2v) is 8.35. The van der Waals surface area contributed by atoms with Gasteiger partial charge < -0.3 is 34.1 Å². The number of phenolic OH excluding ortho intramolecular Hbond substituents is 1. The topological polar surface area (TPSA) is 113 Å². The molecule has 0 saturated carbocycles. The molecule has 3 aliphatic rings. The van der Waals surface area contributed by atoms with Gasteiger partial charge in [-0.3, -0.25) is 9.59 Å². The molecule has 0 bridgehead atoms. The Labute approximate surface area is 194 Å². The Hall–Kier alpha value is -3.33. The molecule has 2 aromatic rings. The Bertz CT molecular complexity index is 1110. The maximum atomic E-state index is 13.0. The van der Waals surface area contributed by atoms with Gasteiger partial charge in [0.1, 0.15) is 5.88 Å². The Morgan fingerprint density at radius 3 is 2.33 bits per heavy atom. The normalized spacial score (nSPS) is 24.5. The number of amides is 1. The molecule has 1 fully saturated rings. The van der Waals surface area contributed by atoms with Crippen molar-refractivity contribution < 1.29 is 38.4 Å². The number of ether oxygens (including phenoxy) is 5. The quantitative estimate of drug-likeness (QED) is 0.501. The molecule has 2 aliphatic heterocycles. The number of hydrogen-bond donors (Lipinski definition) is 2. The summed E-state index contributed by atoms with van der Waals surface area (Å²) in [5, 5.41) is 13.3. The van der Waals surface area contributed by atoms with Crippen LogP contribution in [-0.4, -0.2) is 50.5 Å². The molecule has 0 aromatic heterocycles. The maximum absolute atomic E-state index is 13.0. The highest BCUT2D eigenvalue weighted by atomic mass is 35.5. The molecule has 1 aliphatic carbocycles. The summed E-state index contributed by atoms with van der Waals surface area (Å²) in [5.74, 6) is -0.946. The number of esters is 1. The number of methoxy groups -OCH3 is 2. The van der Waals surface area contributed by atoms with Crippen LogP contribution < -0.4 is 24.3 Å². The molecular weight excluding hydrogens is 454 g/mol. The van der Waals surface area contributed by atoms with Gasteiger partial charge in [0.15, 0.2) is 23.0 Å². The van der Waals surface area contributed by atoms with E-state index in [4.69, 9.17) is 35.3 Å². The number of aromatic hydroxyl groups is 1. The van der Waals surface area contributed by atoms with Gasteiger partial charge in [-0.1, -0.05) is 0 Å². The van der Waals surface area contributed by atoms with E-state index in [1.807, 2.05) is 12.1 Å². The van der Waals surface area contributed by atoms with E-state index in [0.717, 1.165) is 11.1 Å². The lowest BCUT2D eigenvalue weighted by Crippen LogP contribution is -2.43. The van der Waals surface area contributed by atoms with E-state index in [1.54, 1.807) is 12.1 Å². The number of carbonyl (C=O) groups is 2. The van der Waals surface area contributed by atoms with Crippen molar-refractivity contribution in [1.29, 1.82) is 0 Å². The predicted octanol–water partition coefficient (Wildman–Crippen LogP) is 2.47. The van der Waals surface area contributed by atoms with E-state index in [9.17, 15) is 14.7 Å². The monoisotopic (exact) mass is 475 g/mol. The SMILES string of the molecule is COc1cc(C2c3cc4c(cc3[C@@H](NC(=O)CCl)C3COC(=O)[C@H]23)OCO4)cc(OC)c1O. The average Bonchev–Trinajstić information content (AvgIpc) is 3.44. The largest absolute Gasteiger partial charge is 0.502 e. The van der Waals surface area contributed by atoms with Gasteiger partial charge in [-0.2, -0.15) is 0 Å². The minimum absolute atomic E-state index is 0.0807. The number of halogens is 1. The number of nitrogens with one attached hydrogen (secondary N) is 1. The summed E-state index contributed by atoms with van der Waals surface area (Å²) in [6.45, 7) is 0.227. The average molecular weight is 476 g/mol. The van der Waals surface area contributed by atoms with Gasteiger partial charge in [0.2, 0.25) is 18.4 Å². The lowest BCUT2D eigenvalue weighted by atomic mass is 9.65. The maximum Gasteiger partial charge on any atom is 0.310 e. The van der Waals surface area contributed by atoms with Crippen LogP contribution in [0.15, 0.2) is 24.3 Å². The molecule has 4 atom stereocenters. The second-order valence-electron chi connectivity index (χ2n) is 8.08. The number of benzene rings is 2. The molecule has 0 spiro atoms. The number of rotatable bonds is 5. The fourth-order valence-electron chi connectivity index (χ4n) is 5.05. The second kappa shape index (κ2) is 8.22. The molecule has 10 heteroatoms. The molecule has 0 radical (unpaired) electrons. The van der Waals surface area contributed by atoms with Crippen LogP contribution in [0.1, 0.15) is 28.7 Å². The van der Waals surface area contributed by atoms with E-state index < -0.39 is 17.9 Å². The molecule has 9 nitrogen and oxygen atoms in total. The van der Waals surface area contributed by atoms with Crippen molar-refractivity contribution in [2.24, 2.45) is 11.8 Å². The van der Waals surface area contributed by atoms with Crippen molar-refractivity contribution in [2.45, 2.75) is 12.0 Å². The Morgan fingerprint density at radius 2 is 1.73 bits per heavy atom. The van der Waals surface area contributed by atoms with Crippen LogP contribution in [0.4, 0.5) is 0 Å². The fourth-order valence-corrected chi connectivity index (χ4v) is 5.13. The molecule has 2 unspecified atom stereocenters. The van der Waals surface area contributed by atoms with Crippen LogP contribution in [0, 0.1) is 11.8 Å². The minimum atomic E-state index is -0.600. The molecule has 2 heterocycles. The van der Waals surface area contributed by atoms with Crippen molar-refractivity contribution in [3.8, 4) is 28.7 Å². The van der Waals surface area contributed by atoms with Gasteiger partial charge in [0, 0.05) is 11.8 Å². The summed E-state index contributed by atoms with van der Waals surface area (Å²) >= 11 is 5.76. The number of fused-ring (bicyclic) bond motifs is 3. The highest BCUT2D eigenvalue weighted by Gasteiger charge is 2.53. The standard InChI is InChI=1S/C23H22ClNO8/c1-29-16-3-10(4-17(30-2)22(16)27)19-11-5-14-15(33-9-32-14)6-12(11)21(25-18(26)7-24)13-8-31-23(28)20(13)19/h3-6,13,19-21,27H,7-9H2,1-2H3,(H,25,26)/t13?,19?,20-,21+/m0/s1. The van der Waals surface area contributed by atoms with E-state index >= 15 is 0 Å². The molecular formula is C23H22ClNO8. The predicted molar refractivity (Wildman–Crippen MR) is 115 cm³/mol. The Kier molecular flexibility index (Phi) is 5.36. The van der Waals surface area contributed by atoms with Crippen LogP contribution in [-0.2, 0) is 14.3 Å². The zero-order valence-electron chi connectivity index (χ0n) is 17.9. The first-order chi connectivity index (χ1) is 16.0. The first-order valence-electron chi connectivity index (χ1n) is 10.4. The Morgan fingerprint density at radius 1 is 1.09 bits per heavy atom. The number of phenols is 1. The number of cyclic esters (lactones) is 1. The molecule has 5 rings (SSSR count). The molecule has 174 valence electrons. The molecule has 33 heavy (non-hydrogen) atoms. The highest BCUT2D eigenvalue weighted by Crippen LogP contribution is 2.55. The van der Waals surface area contributed by atoms with Gasteiger partial charge in [-0.05, 0) is 41.0 Å². The van der Waals surface area contributed by atoms with Crippen LogP contribution in [0.3, 0.4) is 0 Å². The molecule has 1 saturated heterocycles. The van der Waals surface area contributed by atoms with Crippen LogP contribution >= 0.6 is 11.6 Å². The van der Waals surface area contributed by atoms with Gasteiger partial charge in [-0.15, -0.1) is 11.6 Å². The first-order valence-corrected chi connectivity index (χ1v) is 10.9. The number of alkyl halides is 1. The summed E-state index contributed by atoms with van der Waals surface area (Å²) in [7, 11) is 2.88. The lowest BCUT2D eigenvalue weighted by Gasteiger charge is -2.39. The zero-order valence-corrected chi connectivity index (χ0v) is 18.7. The summed E-state index contributed by atoms with van der Waals surface area (Å²) in [6.07, 6.45) is 0. The third-order valence-corrected chi connectivity index (χ3v) is 6.73. The summed E-state index contributed by atoms with van der Waals surface area (Å²) < 4.78 is 27.3. The van der Waals surface area contributed by atoms with E-state index in [2.05, 4.69) is 5.32 Å². The summed E-state index contributed by atoms with van der Waals surface area (Å²) in [4.78, 5) is 25.2. The van der Waals surface area contributed by atoms with Crippen molar-refractivity contribution in [3.63, 3.8) is 0 Å². The minimum Gasteiger partial charge on any atom is -0.502 e. The molecule has 2 aromatic carbocycles.